The Bertz CT molecular complexity index is 1800. The molecule has 4 aromatic carbocycles. The van der Waals surface area contributed by atoms with Gasteiger partial charge >= 0.3 is 0 Å². The summed E-state index contributed by atoms with van der Waals surface area (Å²) in [5.74, 6) is -0.530. The van der Waals surface area contributed by atoms with E-state index in [-0.39, 0.29) is 43.4 Å². The summed E-state index contributed by atoms with van der Waals surface area (Å²) in [6.45, 7) is 1.07. The normalized spacial score (nSPS) is 14.2. The van der Waals surface area contributed by atoms with Gasteiger partial charge < -0.3 is 19.7 Å². The van der Waals surface area contributed by atoms with Gasteiger partial charge in [-0.3, -0.25) is 9.59 Å². The van der Waals surface area contributed by atoms with E-state index in [1.165, 1.54) is 33.5 Å². The third kappa shape index (κ3) is 9.49. The van der Waals surface area contributed by atoms with Crippen molar-refractivity contribution >= 4 is 56.6 Å². The molecule has 0 aromatic heterocycles. The first-order valence-electron chi connectivity index (χ1n) is 15.2. The van der Waals surface area contributed by atoms with E-state index < -0.39 is 28.6 Å². The Kier molecular flexibility index (Phi) is 12.4. The zero-order chi connectivity index (χ0) is 34.1. The number of halogens is 3. The first-order chi connectivity index (χ1) is 23.1. The Labute approximate surface area is 295 Å². The zero-order valence-corrected chi connectivity index (χ0v) is 28.9. The van der Waals surface area contributed by atoms with Gasteiger partial charge in [-0.25, -0.2) is 8.42 Å². The highest BCUT2D eigenvalue weighted by Gasteiger charge is 2.31. The van der Waals surface area contributed by atoms with Gasteiger partial charge in [-0.2, -0.15) is 4.31 Å². The van der Waals surface area contributed by atoms with Crippen LogP contribution in [-0.4, -0.2) is 68.4 Å². The van der Waals surface area contributed by atoms with Gasteiger partial charge in [0.2, 0.25) is 15.9 Å². The number of carbonyl (C=O) groups excluding carboxylic acids is 2. The number of ether oxygens (including phenoxy) is 2. The Morgan fingerprint density at radius 1 is 0.854 bits per heavy atom. The minimum absolute atomic E-state index is 0.0999. The number of morpholine rings is 1. The maximum absolute atomic E-state index is 14.0. The molecule has 1 heterocycles. The first kappa shape index (κ1) is 35.7. The molecule has 1 saturated heterocycles. The topological polar surface area (TPSA) is 105 Å². The van der Waals surface area contributed by atoms with Crippen LogP contribution in [0.1, 0.15) is 16.7 Å². The summed E-state index contributed by atoms with van der Waals surface area (Å²) < 4.78 is 38.5. The summed E-state index contributed by atoms with van der Waals surface area (Å²) in [5, 5.41) is 4.37. The lowest BCUT2D eigenvalue weighted by Gasteiger charge is -2.31. The maximum Gasteiger partial charge on any atom is 0.261 e. The molecular formula is C35H34Cl3N3O6S. The number of nitrogens with zero attached hydrogens (tertiary/aromatic N) is 2. The first-order valence-corrected chi connectivity index (χ1v) is 17.8. The fraction of sp³-hybridized carbons (Fsp3) is 0.257. The largest absolute Gasteiger partial charge is 0.484 e. The molecule has 0 spiro atoms. The van der Waals surface area contributed by atoms with Gasteiger partial charge in [0.15, 0.2) is 6.61 Å². The lowest BCUT2D eigenvalue weighted by atomic mass is 10.0. The van der Waals surface area contributed by atoms with Crippen LogP contribution in [0, 0.1) is 0 Å². The van der Waals surface area contributed by atoms with Gasteiger partial charge in [0.05, 0.1) is 18.1 Å². The predicted octanol–water partition coefficient (Wildman–Crippen LogP) is 6.00. The molecule has 0 saturated carbocycles. The van der Waals surface area contributed by atoms with Gasteiger partial charge in [-0.05, 0) is 65.2 Å². The Morgan fingerprint density at radius 2 is 1.52 bits per heavy atom. The van der Waals surface area contributed by atoms with Gasteiger partial charge in [-0.15, -0.1) is 0 Å². The number of nitrogens with one attached hydrogen (secondary N) is 1. The molecule has 13 heteroatoms. The minimum atomic E-state index is -3.69. The van der Waals surface area contributed by atoms with Crippen molar-refractivity contribution in [3.8, 4) is 5.75 Å². The molecule has 9 nitrogen and oxygen atoms in total. The van der Waals surface area contributed by atoms with Crippen molar-refractivity contribution in [2.24, 2.45) is 0 Å². The highest BCUT2D eigenvalue weighted by molar-refractivity contribution is 7.89. The van der Waals surface area contributed by atoms with E-state index in [0.29, 0.717) is 39.6 Å². The molecule has 1 aliphatic rings. The van der Waals surface area contributed by atoms with Crippen molar-refractivity contribution in [2.45, 2.75) is 30.4 Å². The van der Waals surface area contributed by atoms with Gasteiger partial charge in [-0.1, -0.05) is 83.3 Å². The van der Waals surface area contributed by atoms with Crippen molar-refractivity contribution in [1.82, 2.24) is 14.5 Å². The number of hydrogen-bond donors (Lipinski definition) is 1. The second-order valence-corrected chi connectivity index (χ2v) is 14.3. The van der Waals surface area contributed by atoms with E-state index in [9.17, 15) is 18.0 Å². The van der Waals surface area contributed by atoms with Gasteiger partial charge in [0.1, 0.15) is 11.8 Å². The van der Waals surface area contributed by atoms with Gasteiger partial charge in [0.25, 0.3) is 5.91 Å². The Morgan fingerprint density at radius 3 is 2.19 bits per heavy atom. The summed E-state index contributed by atoms with van der Waals surface area (Å²) in [6.07, 6.45) is 0.231. The second-order valence-electron chi connectivity index (χ2n) is 11.1. The number of hydrogen-bond acceptors (Lipinski definition) is 6. The molecule has 0 unspecified atom stereocenters. The molecule has 1 atom stereocenters. The van der Waals surface area contributed by atoms with E-state index >= 15 is 0 Å². The molecule has 1 aliphatic heterocycles. The minimum Gasteiger partial charge on any atom is -0.484 e. The standard InChI is InChI=1S/C35H34Cl3N3O6S/c36-28-9-6-26(7-10-28)23-41(34(42)24-47-30-12-14-31(15-13-30)48(44,45)40-16-18-46-19-17-40)33(20-25-4-2-1-3-5-25)35(43)39-22-27-8-11-29(37)21-32(27)38/h1-15,21,33H,16-20,22-24H2,(H,39,43)/t33-/m0/s1. The molecule has 2 amide bonds. The summed E-state index contributed by atoms with van der Waals surface area (Å²) in [6, 6.07) is 26.4. The van der Waals surface area contributed by atoms with Crippen LogP contribution in [0.5, 0.6) is 5.75 Å². The molecule has 1 N–H and O–H groups in total. The number of amides is 2. The lowest BCUT2D eigenvalue weighted by molar-refractivity contribution is -0.142. The maximum atomic E-state index is 14.0. The van der Waals surface area contributed by atoms with Crippen LogP contribution >= 0.6 is 34.8 Å². The second kappa shape index (κ2) is 16.6. The average molecular weight is 731 g/mol. The van der Waals surface area contributed by atoms with Crippen molar-refractivity contribution in [2.75, 3.05) is 32.9 Å². The highest BCUT2D eigenvalue weighted by Crippen LogP contribution is 2.23. The molecule has 252 valence electrons. The third-order valence-corrected chi connectivity index (χ3v) is 10.6. The summed E-state index contributed by atoms with van der Waals surface area (Å²) in [5.41, 5.74) is 2.29. The van der Waals surface area contributed by atoms with Crippen LogP contribution in [0.25, 0.3) is 0 Å². The lowest BCUT2D eigenvalue weighted by Crippen LogP contribution is -2.51. The predicted molar refractivity (Wildman–Crippen MR) is 186 cm³/mol. The van der Waals surface area contributed by atoms with Crippen molar-refractivity contribution in [3.63, 3.8) is 0 Å². The molecule has 48 heavy (non-hydrogen) atoms. The summed E-state index contributed by atoms with van der Waals surface area (Å²) in [7, 11) is -3.69. The molecule has 1 fully saturated rings. The molecule has 0 bridgehead atoms. The van der Waals surface area contributed by atoms with E-state index in [1.807, 2.05) is 30.3 Å². The highest BCUT2D eigenvalue weighted by atomic mass is 35.5. The van der Waals surface area contributed by atoms with E-state index in [1.54, 1.807) is 42.5 Å². The van der Waals surface area contributed by atoms with Crippen LogP contribution in [0.15, 0.2) is 102 Å². The number of benzene rings is 4. The van der Waals surface area contributed by atoms with Crippen molar-refractivity contribution in [3.05, 3.63) is 129 Å². The average Bonchev–Trinajstić information content (AvgIpc) is 3.10. The molecule has 0 aliphatic carbocycles. The zero-order valence-electron chi connectivity index (χ0n) is 25.9. The van der Waals surface area contributed by atoms with Crippen LogP contribution < -0.4 is 10.1 Å². The smallest absolute Gasteiger partial charge is 0.261 e. The summed E-state index contributed by atoms with van der Waals surface area (Å²) >= 11 is 18.5. The van der Waals surface area contributed by atoms with Crippen LogP contribution in [0.3, 0.4) is 0 Å². The van der Waals surface area contributed by atoms with Crippen molar-refractivity contribution < 1.29 is 27.5 Å². The molecule has 0 radical (unpaired) electrons. The van der Waals surface area contributed by atoms with Crippen LogP contribution in [0.2, 0.25) is 15.1 Å². The van der Waals surface area contributed by atoms with Crippen LogP contribution in [0.4, 0.5) is 0 Å². The van der Waals surface area contributed by atoms with Gasteiger partial charge in [0, 0.05) is 47.7 Å². The third-order valence-electron chi connectivity index (χ3n) is 7.80. The monoisotopic (exact) mass is 729 g/mol. The molecular weight excluding hydrogens is 697 g/mol. The summed E-state index contributed by atoms with van der Waals surface area (Å²) in [4.78, 5) is 29.5. The Hall–Kier alpha value is -3.64. The SMILES string of the molecule is O=C(NCc1ccc(Cl)cc1Cl)[C@H](Cc1ccccc1)N(Cc1ccc(Cl)cc1)C(=O)COc1ccc(S(=O)(=O)N2CCOCC2)cc1. The molecule has 5 rings (SSSR count). The quantitative estimate of drug-likeness (QED) is 0.181. The number of rotatable bonds is 13. The van der Waals surface area contributed by atoms with E-state index in [2.05, 4.69) is 5.32 Å². The number of sulfonamides is 1. The fourth-order valence-electron chi connectivity index (χ4n) is 5.18. The van der Waals surface area contributed by atoms with E-state index in [0.717, 1.165) is 11.1 Å². The Balaban J connectivity index is 1.37. The van der Waals surface area contributed by atoms with Crippen molar-refractivity contribution in [1.29, 1.82) is 0 Å². The molecule has 4 aromatic rings. The van der Waals surface area contributed by atoms with E-state index in [4.69, 9.17) is 44.3 Å². The van der Waals surface area contributed by atoms with Crippen LogP contribution in [-0.2, 0) is 43.9 Å². The fourth-order valence-corrected chi connectivity index (χ4v) is 7.19. The number of carbonyl (C=O) groups is 2.